The fraction of sp³-hybridized carbons (Fsp3) is 0.417. The molecule has 0 aliphatic heterocycles. The van der Waals surface area contributed by atoms with Gasteiger partial charge in [-0.3, -0.25) is 0 Å². The van der Waals surface area contributed by atoms with Gasteiger partial charge >= 0.3 is 0 Å². The van der Waals surface area contributed by atoms with E-state index in [1.807, 2.05) is 24.3 Å². The SMILES string of the molecule is CCC(C)c1ccc(OCCC(C)C)c(/C([S-])=C(/[S-])Sc2ccccc2C)c1.CCC(C)c1ccc(OCCC(C)C)c(/C([S-])=C(/[S-])Sc2ccccc2C)c1.[Ni]. The number of hydrogen-bond donors (Lipinski definition) is 0. The normalized spacial score (nSPS) is 13.1. The summed E-state index contributed by atoms with van der Waals surface area (Å²) in [6.07, 6.45) is 4.20. The average molecular weight is 920 g/mol. The van der Waals surface area contributed by atoms with Crippen LogP contribution in [0.2, 0.25) is 0 Å². The van der Waals surface area contributed by atoms with Crippen LogP contribution < -0.4 is 9.47 Å². The molecule has 9 heteroatoms. The van der Waals surface area contributed by atoms with Gasteiger partial charge in [-0.25, -0.2) is 0 Å². The third kappa shape index (κ3) is 16.5. The van der Waals surface area contributed by atoms with Crippen LogP contribution in [0.3, 0.4) is 0 Å². The van der Waals surface area contributed by atoms with Gasteiger partial charge in [-0.1, -0.05) is 104 Å². The van der Waals surface area contributed by atoms with Crippen LogP contribution in [-0.4, -0.2) is 13.2 Å². The standard InChI is InChI=1S/2C24H32OS3.Ni/c2*1-6-17(4)19-11-12-21(25-14-13-16(2)3)20(15-19)23(26)24(27)28-22-10-8-7-9-18(22)5;/h2*7-12,15-17,26-27H,6,13-14H2,1-5H3;/p-4/b2*24-23+;. The molecule has 0 radical (unpaired) electrons. The number of thioether (sulfide) groups is 2. The fourth-order valence-corrected chi connectivity index (χ4v) is 8.33. The Kier molecular flexibility index (Phi) is 23.6. The first kappa shape index (κ1) is 51.2. The molecule has 0 heterocycles. The van der Waals surface area contributed by atoms with E-state index in [-0.39, 0.29) is 16.5 Å². The molecule has 0 N–H and O–H groups in total. The summed E-state index contributed by atoms with van der Waals surface area (Å²) < 4.78 is 13.7. The predicted octanol–water partition coefficient (Wildman–Crippen LogP) is 14.9. The first-order valence-electron chi connectivity index (χ1n) is 19.8. The molecule has 0 saturated carbocycles. The van der Waals surface area contributed by atoms with Gasteiger partial charge in [0.2, 0.25) is 0 Å². The van der Waals surface area contributed by atoms with Gasteiger partial charge in [0.1, 0.15) is 11.5 Å². The zero-order chi connectivity index (χ0) is 41.4. The number of hydrogen-bond acceptors (Lipinski definition) is 8. The molecular formula is C48H60NiO2S6-4. The van der Waals surface area contributed by atoms with Crippen LogP contribution in [0, 0.1) is 25.7 Å². The smallest absolute Gasteiger partial charge is 0.124 e. The van der Waals surface area contributed by atoms with Crippen molar-refractivity contribution in [3.05, 3.63) is 127 Å². The van der Waals surface area contributed by atoms with E-state index in [1.54, 1.807) is 23.5 Å². The van der Waals surface area contributed by atoms with Crippen molar-refractivity contribution in [3.8, 4) is 11.5 Å². The molecule has 2 unspecified atom stereocenters. The molecule has 0 aliphatic carbocycles. The monoisotopic (exact) mass is 918 g/mol. The van der Waals surface area contributed by atoms with Crippen LogP contribution in [0.5, 0.6) is 11.5 Å². The van der Waals surface area contributed by atoms with Crippen molar-refractivity contribution in [2.45, 2.75) is 117 Å². The summed E-state index contributed by atoms with van der Waals surface area (Å²) in [7, 11) is 0. The Labute approximate surface area is 386 Å². The molecule has 4 aromatic rings. The summed E-state index contributed by atoms with van der Waals surface area (Å²) in [5, 5.41) is 0. The van der Waals surface area contributed by atoms with Crippen LogP contribution in [0.4, 0.5) is 0 Å². The van der Waals surface area contributed by atoms with E-state index in [2.05, 4.69) is 130 Å². The molecule has 2 nitrogen and oxygen atoms in total. The zero-order valence-corrected chi connectivity index (χ0v) is 41.1. The number of rotatable bonds is 18. The molecule has 57 heavy (non-hydrogen) atoms. The van der Waals surface area contributed by atoms with Crippen LogP contribution in [0.15, 0.2) is 103 Å². The summed E-state index contributed by atoms with van der Waals surface area (Å²) in [5.74, 6) is 3.84. The van der Waals surface area contributed by atoms with Crippen LogP contribution in [-0.2, 0) is 67.0 Å². The van der Waals surface area contributed by atoms with Crippen LogP contribution in [0.1, 0.15) is 126 Å². The van der Waals surface area contributed by atoms with Crippen LogP contribution in [0.25, 0.3) is 9.81 Å². The van der Waals surface area contributed by atoms with Crippen molar-refractivity contribution in [1.29, 1.82) is 0 Å². The van der Waals surface area contributed by atoms with Gasteiger partial charge in [-0.15, -0.1) is 23.5 Å². The number of aryl methyl sites for hydroxylation is 2. The summed E-state index contributed by atoms with van der Waals surface area (Å²) in [6.45, 7) is 23.3. The Hall–Kier alpha value is -1.97. The fourth-order valence-electron chi connectivity index (χ4n) is 5.45. The molecule has 0 aromatic heterocycles. The average Bonchev–Trinajstić information content (AvgIpc) is 3.18. The molecular weight excluding hydrogens is 860 g/mol. The summed E-state index contributed by atoms with van der Waals surface area (Å²) in [4.78, 5) is 3.70. The van der Waals surface area contributed by atoms with Gasteiger partial charge in [0.25, 0.3) is 0 Å². The maximum absolute atomic E-state index is 6.11. The Balaban J connectivity index is 0.000000387. The van der Waals surface area contributed by atoms with Gasteiger partial charge in [-0.2, -0.15) is 18.3 Å². The molecule has 0 fully saturated rings. The Morgan fingerprint density at radius 1 is 0.544 bits per heavy atom. The van der Waals surface area contributed by atoms with Gasteiger partial charge < -0.3 is 60.0 Å². The van der Waals surface area contributed by atoms with E-state index in [0.29, 0.717) is 46.7 Å². The molecule has 2 atom stereocenters. The minimum absolute atomic E-state index is 0. The minimum Gasteiger partial charge on any atom is -0.780 e. The van der Waals surface area contributed by atoms with Crippen molar-refractivity contribution >= 4 is 83.8 Å². The maximum atomic E-state index is 6.11. The van der Waals surface area contributed by atoms with E-state index >= 15 is 0 Å². The van der Waals surface area contributed by atoms with Crippen molar-refractivity contribution in [1.82, 2.24) is 0 Å². The first-order valence-corrected chi connectivity index (χ1v) is 23.1. The van der Waals surface area contributed by atoms with E-state index < -0.39 is 0 Å². The molecule has 0 aliphatic rings. The number of benzene rings is 4. The second-order valence-corrected chi connectivity index (χ2v) is 19.4. The van der Waals surface area contributed by atoms with Gasteiger partial charge in [0, 0.05) is 26.3 Å². The predicted molar refractivity (Wildman–Crippen MR) is 258 cm³/mol. The largest absolute Gasteiger partial charge is 0.780 e. The first-order chi connectivity index (χ1) is 26.7. The second-order valence-electron chi connectivity index (χ2n) is 15.2. The Bertz CT molecular complexity index is 1770. The van der Waals surface area contributed by atoms with Crippen molar-refractivity contribution < 1.29 is 26.0 Å². The van der Waals surface area contributed by atoms with Crippen molar-refractivity contribution in [2.75, 3.05) is 13.2 Å². The van der Waals surface area contributed by atoms with Gasteiger partial charge in [-0.05, 0) is 133 Å². The van der Waals surface area contributed by atoms with E-state index in [9.17, 15) is 0 Å². The summed E-state index contributed by atoms with van der Waals surface area (Å²) in [5.41, 5.74) is 6.86. The van der Waals surface area contributed by atoms with Gasteiger partial charge in [0.15, 0.2) is 0 Å². The minimum atomic E-state index is 0. The van der Waals surface area contributed by atoms with Crippen molar-refractivity contribution in [3.63, 3.8) is 0 Å². The summed E-state index contributed by atoms with van der Waals surface area (Å²) in [6, 6.07) is 29.3. The molecule has 0 bridgehead atoms. The summed E-state index contributed by atoms with van der Waals surface area (Å²) >= 11 is 26.2. The Morgan fingerprint density at radius 2 is 0.895 bits per heavy atom. The topological polar surface area (TPSA) is 18.5 Å². The Morgan fingerprint density at radius 3 is 1.21 bits per heavy atom. The van der Waals surface area contributed by atoms with E-state index in [0.717, 1.165) is 66.6 Å². The van der Waals surface area contributed by atoms with E-state index in [1.165, 1.54) is 22.3 Å². The third-order valence-corrected chi connectivity index (χ3v) is 14.1. The number of ether oxygens (including phenoxy) is 2. The maximum Gasteiger partial charge on any atom is 0.124 e. The molecule has 4 rings (SSSR count). The van der Waals surface area contributed by atoms with E-state index in [4.69, 9.17) is 60.0 Å². The zero-order valence-electron chi connectivity index (χ0n) is 35.2. The molecule has 4 aromatic carbocycles. The molecule has 0 spiro atoms. The molecule has 0 saturated heterocycles. The molecule has 0 amide bonds. The molecule has 314 valence electrons. The van der Waals surface area contributed by atoms with Crippen LogP contribution >= 0.6 is 23.5 Å². The third-order valence-electron chi connectivity index (χ3n) is 9.73. The quantitative estimate of drug-likeness (QED) is 0.0551. The second kappa shape index (κ2) is 26.3. The van der Waals surface area contributed by atoms with Gasteiger partial charge in [0.05, 0.1) is 13.2 Å². The van der Waals surface area contributed by atoms with Crippen molar-refractivity contribution in [2.24, 2.45) is 11.8 Å².